The SMILES string of the molecule is O=S(=O)(c1ccc(COCC2CC2C2CCN(c3nc(C4CCC4)no3)CC2)cc1)C1CC1. The van der Waals surface area contributed by atoms with Crippen LogP contribution in [-0.4, -0.2) is 43.5 Å². The Morgan fingerprint density at radius 1 is 1.03 bits per heavy atom. The standard InChI is InChI=1S/C25H33N3O4S/c29-33(30,22-8-9-22)21-6-4-17(5-7-21)15-31-16-20-14-23(20)18-10-12-28(13-11-18)25-26-24(27-32-25)19-2-1-3-19/h4-7,18-20,22-23H,1-3,8-16H2. The van der Waals surface area contributed by atoms with E-state index in [9.17, 15) is 8.42 Å². The predicted octanol–water partition coefficient (Wildman–Crippen LogP) is 4.34. The van der Waals surface area contributed by atoms with E-state index in [2.05, 4.69) is 15.0 Å². The Morgan fingerprint density at radius 2 is 1.79 bits per heavy atom. The van der Waals surface area contributed by atoms with Crippen molar-refractivity contribution in [2.24, 2.45) is 17.8 Å². The first-order valence-corrected chi connectivity index (χ1v) is 14.1. The average molecular weight is 472 g/mol. The maximum Gasteiger partial charge on any atom is 0.324 e. The molecule has 0 N–H and O–H groups in total. The molecule has 4 aliphatic rings. The van der Waals surface area contributed by atoms with E-state index < -0.39 is 9.84 Å². The Bertz CT molecular complexity index is 1070. The zero-order valence-electron chi connectivity index (χ0n) is 19.1. The van der Waals surface area contributed by atoms with E-state index in [0.29, 0.717) is 29.4 Å². The van der Waals surface area contributed by atoms with Gasteiger partial charge in [0.05, 0.1) is 23.4 Å². The Labute approximate surface area is 195 Å². The summed E-state index contributed by atoms with van der Waals surface area (Å²) in [4.78, 5) is 7.35. The van der Waals surface area contributed by atoms with Crippen molar-refractivity contribution >= 4 is 15.9 Å². The molecule has 0 bridgehead atoms. The normalized spacial score (nSPS) is 26.4. The molecule has 2 heterocycles. The largest absolute Gasteiger partial charge is 0.376 e. The van der Waals surface area contributed by atoms with Crippen molar-refractivity contribution in [1.29, 1.82) is 0 Å². The van der Waals surface area contributed by atoms with Gasteiger partial charge in [-0.3, -0.25) is 0 Å². The van der Waals surface area contributed by atoms with Crippen LogP contribution in [0.1, 0.15) is 68.7 Å². The van der Waals surface area contributed by atoms with Crippen LogP contribution >= 0.6 is 0 Å². The molecule has 2 atom stereocenters. The molecule has 6 rings (SSSR count). The van der Waals surface area contributed by atoms with Crippen LogP contribution in [0.15, 0.2) is 33.7 Å². The van der Waals surface area contributed by atoms with Crippen LogP contribution in [0.4, 0.5) is 6.01 Å². The molecule has 1 saturated heterocycles. The fourth-order valence-corrected chi connectivity index (χ4v) is 7.08. The fourth-order valence-electron chi connectivity index (χ4n) is 5.42. The van der Waals surface area contributed by atoms with Crippen molar-refractivity contribution in [1.82, 2.24) is 10.1 Å². The molecule has 0 radical (unpaired) electrons. The van der Waals surface area contributed by atoms with Gasteiger partial charge in [0.1, 0.15) is 0 Å². The van der Waals surface area contributed by atoms with Gasteiger partial charge in [-0.1, -0.05) is 23.7 Å². The lowest BCUT2D eigenvalue weighted by atomic mass is 9.85. The quantitative estimate of drug-likeness (QED) is 0.538. The zero-order chi connectivity index (χ0) is 22.4. The topological polar surface area (TPSA) is 85.5 Å². The molecule has 3 aliphatic carbocycles. The minimum absolute atomic E-state index is 0.157. The molecule has 1 aliphatic heterocycles. The number of aromatic nitrogens is 2. The molecule has 8 heteroatoms. The molecule has 4 fully saturated rings. The molecule has 3 saturated carbocycles. The highest BCUT2D eigenvalue weighted by Crippen LogP contribution is 2.48. The number of nitrogens with zero attached hydrogens (tertiary/aromatic N) is 3. The van der Waals surface area contributed by atoms with Crippen LogP contribution in [0.25, 0.3) is 0 Å². The summed E-state index contributed by atoms with van der Waals surface area (Å²) in [7, 11) is -3.11. The third-order valence-electron chi connectivity index (χ3n) is 8.11. The second-order valence-electron chi connectivity index (χ2n) is 10.5. The van der Waals surface area contributed by atoms with Gasteiger partial charge in [0.2, 0.25) is 0 Å². The molecular weight excluding hydrogens is 438 g/mol. The Hall–Kier alpha value is -1.93. The van der Waals surface area contributed by atoms with Crippen LogP contribution < -0.4 is 4.90 Å². The van der Waals surface area contributed by atoms with Gasteiger partial charge in [-0.2, -0.15) is 4.98 Å². The van der Waals surface area contributed by atoms with Gasteiger partial charge in [-0.25, -0.2) is 8.42 Å². The number of hydrogen-bond donors (Lipinski definition) is 0. The summed E-state index contributed by atoms with van der Waals surface area (Å²) in [6.07, 6.45) is 8.89. The Kier molecular flexibility index (Phi) is 5.69. The van der Waals surface area contributed by atoms with Gasteiger partial charge in [0.15, 0.2) is 15.7 Å². The van der Waals surface area contributed by atoms with Crippen molar-refractivity contribution in [3.63, 3.8) is 0 Å². The van der Waals surface area contributed by atoms with Gasteiger partial charge < -0.3 is 14.2 Å². The number of benzene rings is 1. The van der Waals surface area contributed by atoms with Crippen LogP contribution in [-0.2, 0) is 21.2 Å². The van der Waals surface area contributed by atoms with E-state index >= 15 is 0 Å². The van der Waals surface area contributed by atoms with Crippen molar-refractivity contribution in [2.75, 3.05) is 24.6 Å². The highest BCUT2D eigenvalue weighted by atomic mass is 32.2. The summed E-state index contributed by atoms with van der Waals surface area (Å²) in [5.74, 6) is 3.60. The molecule has 178 valence electrons. The number of piperidine rings is 1. The van der Waals surface area contributed by atoms with E-state index in [1.807, 2.05) is 12.1 Å². The summed E-state index contributed by atoms with van der Waals surface area (Å²) in [5, 5.41) is 4.05. The molecule has 1 aromatic carbocycles. The first-order valence-electron chi connectivity index (χ1n) is 12.6. The smallest absolute Gasteiger partial charge is 0.324 e. The minimum Gasteiger partial charge on any atom is -0.376 e. The molecule has 0 spiro atoms. The van der Waals surface area contributed by atoms with Crippen LogP contribution in [0.3, 0.4) is 0 Å². The maximum absolute atomic E-state index is 12.3. The fraction of sp³-hybridized carbons (Fsp3) is 0.680. The molecule has 2 aromatic rings. The first kappa shape index (κ1) is 21.6. The first-order chi connectivity index (χ1) is 16.1. The van der Waals surface area contributed by atoms with Crippen molar-refractivity contribution in [2.45, 2.75) is 74.0 Å². The molecule has 2 unspecified atom stereocenters. The Morgan fingerprint density at radius 3 is 2.45 bits per heavy atom. The van der Waals surface area contributed by atoms with E-state index in [1.54, 1.807) is 12.1 Å². The van der Waals surface area contributed by atoms with Crippen LogP contribution in [0.5, 0.6) is 0 Å². The van der Waals surface area contributed by atoms with E-state index in [4.69, 9.17) is 9.26 Å². The third-order valence-corrected chi connectivity index (χ3v) is 10.4. The maximum atomic E-state index is 12.3. The summed E-state index contributed by atoms with van der Waals surface area (Å²) < 4.78 is 36.1. The van der Waals surface area contributed by atoms with Crippen LogP contribution in [0, 0.1) is 17.8 Å². The van der Waals surface area contributed by atoms with E-state index in [0.717, 1.165) is 55.8 Å². The molecule has 1 aromatic heterocycles. The minimum atomic E-state index is -3.11. The molecule has 7 nitrogen and oxygen atoms in total. The van der Waals surface area contributed by atoms with E-state index in [1.165, 1.54) is 38.5 Å². The van der Waals surface area contributed by atoms with Crippen LogP contribution in [0.2, 0.25) is 0 Å². The van der Waals surface area contributed by atoms with Crippen molar-refractivity contribution < 1.29 is 17.7 Å². The van der Waals surface area contributed by atoms with Crippen molar-refractivity contribution in [3.8, 4) is 0 Å². The zero-order valence-corrected chi connectivity index (χ0v) is 19.9. The lowest BCUT2D eigenvalue weighted by Crippen LogP contribution is -2.34. The molecular formula is C25H33N3O4S. The summed E-state index contributed by atoms with van der Waals surface area (Å²) >= 11 is 0. The van der Waals surface area contributed by atoms with Gasteiger partial charge in [0.25, 0.3) is 0 Å². The number of sulfone groups is 1. The van der Waals surface area contributed by atoms with Gasteiger partial charge in [0, 0.05) is 19.0 Å². The highest BCUT2D eigenvalue weighted by Gasteiger charge is 2.44. The lowest BCUT2D eigenvalue weighted by Gasteiger charge is -2.31. The van der Waals surface area contributed by atoms with Crippen molar-refractivity contribution in [3.05, 3.63) is 35.7 Å². The van der Waals surface area contributed by atoms with Gasteiger partial charge in [-0.05, 0) is 80.4 Å². The predicted molar refractivity (Wildman–Crippen MR) is 124 cm³/mol. The summed E-state index contributed by atoms with van der Waals surface area (Å²) in [6, 6.07) is 7.96. The summed E-state index contributed by atoms with van der Waals surface area (Å²) in [5.41, 5.74) is 1.04. The number of hydrogen-bond acceptors (Lipinski definition) is 7. The second kappa shape index (κ2) is 8.69. The van der Waals surface area contributed by atoms with Gasteiger partial charge in [-0.15, -0.1) is 0 Å². The number of anilines is 1. The average Bonchev–Trinajstić information content (AvgIpc) is 3.72. The van der Waals surface area contributed by atoms with E-state index in [-0.39, 0.29) is 5.25 Å². The number of rotatable bonds is 9. The third kappa shape index (κ3) is 4.56. The Balaban J connectivity index is 0.922. The lowest BCUT2D eigenvalue weighted by molar-refractivity contribution is 0.104. The molecule has 33 heavy (non-hydrogen) atoms. The summed E-state index contributed by atoms with van der Waals surface area (Å²) in [6.45, 7) is 3.33. The second-order valence-corrected chi connectivity index (χ2v) is 12.7. The highest BCUT2D eigenvalue weighted by molar-refractivity contribution is 7.92. The molecule has 0 amide bonds. The van der Waals surface area contributed by atoms with Gasteiger partial charge >= 0.3 is 6.01 Å². The number of ether oxygens (including phenoxy) is 1. The monoisotopic (exact) mass is 471 g/mol.